The van der Waals surface area contributed by atoms with Gasteiger partial charge in [0.1, 0.15) is 5.82 Å². The average molecular weight is 460 g/mol. The summed E-state index contributed by atoms with van der Waals surface area (Å²) < 4.78 is 13.4. The molecule has 1 N–H and O–H groups in total. The predicted molar refractivity (Wildman–Crippen MR) is 130 cm³/mol. The summed E-state index contributed by atoms with van der Waals surface area (Å²) in [5, 5.41) is 4.03. The predicted octanol–water partition coefficient (Wildman–Crippen LogP) is 4.58. The van der Waals surface area contributed by atoms with Gasteiger partial charge < -0.3 is 10.2 Å². The molecule has 2 aliphatic rings. The number of Topliss-reactive ketones (excluding diaryl/α,β-unsaturated/α-hetero) is 1. The van der Waals surface area contributed by atoms with Gasteiger partial charge in [-0.15, -0.1) is 0 Å². The van der Waals surface area contributed by atoms with Gasteiger partial charge in [0.15, 0.2) is 5.78 Å². The third-order valence-electron chi connectivity index (χ3n) is 7.62. The molecule has 3 aromatic rings. The number of nitrogens with one attached hydrogen (secondary N) is 1. The molecule has 1 amide bonds. The summed E-state index contributed by atoms with van der Waals surface area (Å²) in [5.41, 5.74) is 2.15. The molecule has 2 fully saturated rings. The number of nitrogens with zero attached hydrogens (tertiary/aromatic N) is 2. The number of halogens is 1. The van der Waals surface area contributed by atoms with Crippen molar-refractivity contribution in [3.63, 3.8) is 0 Å². The fourth-order valence-electron chi connectivity index (χ4n) is 5.73. The third-order valence-corrected chi connectivity index (χ3v) is 7.62. The Morgan fingerprint density at radius 1 is 1.18 bits per heavy atom. The minimum atomic E-state index is -0.426. The molecular formula is C28H30FN3O2. The van der Waals surface area contributed by atoms with Crippen molar-refractivity contribution >= 4 is 22.6 Å². The lowest BCUT2D eigenvalue weighted by atomic mass is 9.68. The van der Waals surface area contributed by atoms with Crippen molar-refractivity contribution in [1.29, 1.82) is 0 Å². The second kappa shape index (κ2) is 9.26. The number of carbonyl (C=O) groups is 2. The van der Waals surface area contributed by atoms with E-state index in [2.05, 4.69) is 22.1 Å². The first kappa shape index (κ1) is 22.7. The van der Waals surface area contributed by atoms with Gasteiger partial charge in [0.05, 0.1) is 10.9 Å². The number of carbonyl (C=O) groups excluding carboxylic acids is 2. The van der Waals surface area contributed by atoms with Crippen LogP contribution in [0.25, 0.3) is 10.9 Å². The van der Waals surface area contributed by atoms with Crippen LogP contribution in [-0.4, -0.2) is 47.8 Å². The largest absolute Gasteiger partial charge is 0.355 e. The highest BCUT2D eigenvalue weighted by Gasteiger charge is 2.51. The van der Waals surface area contributed by atoms with Gasteiger partial charge >= 0.3 is 0 Å². The first-order valence-corrected chi connectivity index (χ1v) is 12.1. The molecule has 2 atom stereocenters. The summed E-state index contributed by atoms with van der Waals surface area (Å²) in [6, 6.07) is 16.3. The number of amides is 1. The van der Waals surface area contributed by atoms with E-state index in [4.69, 9.17) is 0 Å². The van der Waals surface area contributed by atoms with E-state index in [1.54, 1.807) is 6.20 Å². The zero-order valence-corrected chi connectivity index (χ0v) is 19.5. The highest BCUT2D eigenvalue weighted by Crippen LogP contribution is 2.47. The van der Waals surface area contributed by atoms with Crippen molar-refractivity contribution < 1.29 is 14.0 Å². The Labute approximate surface area is 199 Å². The van der Waals surface area contributed by atoms with E-state index in [0.29, 0.717) is 18.5 Å². The summed E-state index contributed by atoms with van der Waals surface area (Å²) in [4.78, 5) is 32.5. The molecule has 1 aromatic heterocycles. The number of pyridine rings is 1. The van der Waals surface area contributed by atoms with Crippen LogP contribution in [-0.2, 0) is 4.79 Å². The number of ketones is 1. The van der Waals surface area contributed by atoms with E-state index in [9.17, 15) is 14.0 Å². The van der Waals surface area contributed by atoms with Crippen molar-refractivity contribution in [3.8, 4) is 0 Å². The van der Waals surface area contributed by atoms with Gasteiger partial charge in [0.2, 0.25) is 5.91 Å². The first-order chi connectivity index (χ1) is 16.4. The van der Waals surface area contributed by atoms with E-state index < -0.39 is 5.41 Å². The van der Waals surface area contributed by atoms with E-state index in [0.717, 1.165) is 48.9 Å². The highest BCUT2D eigenvalue weighted by molar-refractivity contribution is 5.98. The smallest absolute Gasteiger partial charge is 0.227 e. The molecule has 0 saturated carbocycles. The van der Waals surface area contributed by atoms with Crippen molar-refractivity contribution in [2.24, 2.45) is 11.3 Å². The Morgan fingerprint density at radius 2 is 1.91 bits per heavy atom. The monoisotopic (exact) mass is 459 g/mol. The molecule has 5 nitrogen and oxygen atoms in total. The van der Waals surface area contributed by atoms with Crippen LogP contribution in [0.5, 0.6) is 0 Å². The molecule has 6 heteroatoms. The van der Waals surface area contributed by atoms with Gasteiger partial charge in [0.25, 0.3) is 0 Å². The molecule has 3 heterocycles. The van der Waals surface area contributed by atoms with Gasteiger partial charge in [-0.25, -0.2) is 4.39 Å². The number of para-hydroxylation sites is 1. The fraction of sp³-hybridized carbons (Fsp3) is 0.393. The Bertz CT molecular complexity index is 1200. The van der Waals surface area contributed by atoms with Crippen LogP contribution in [0.1, 0.15) is 48.0 Å². The van der Waals surface area contributed by atoms with Crippen LogP contribution in [0.2, 0.25) is 0 Å². The van der Waals surface area contributed by atoms with Crippen molar-refractivity contribution in [2.75, 3.05) is 26.2 Å². The molecule has 5 rings (SSSR count). The topological polar surface area (TPSA) is 62.3 Å². The molecule has 176 valence electrons. The number of hydrogen-bond donors (Lipinski definition) is 1. The first-order valence-electron chi connectivity index (χ1n) is 12.1. The zero-order valence-electron chi connectivity index (χ0n) is 19.5. The van der Waals surface area contributed by atoms with E-state index in [-0.39, 0.29) is 29.3 Å². The molecule has 2 aromatic carbocycles. The Kier molecular flexibility index (Phi) is 6.17. The minimum absolute atomic E-state index is 0.0714. The molecule has 34 heavy (non-hydrogen) atoms. The van der Waals surface area contributed by atoms with Crippen molar-refractivity contribution in [3.05, 3.63) is 77.7 Å². The van der Waals surface area contributed by atoms with Crippen LogP contribution >= 0.6 is 0 Å². The summed E-state index contributed by atoms with van der Waals surface area (Å²) in [6.45, 7) is 5.18. The number of fused-ring (bicyclic) bond motifs is 1. The lowest BCUT2D eigenvalue weighted by Crippen LogP contribution is -2.47. The van der Waals surface area contributed by atoms with Crippen LogP contribution in [0.15, 0.2) is 60.8 Å². The van der Waals surface area contributed by atoms with Crippen LogP contribution in [0.4, 0.5) is 4.39 Å². The van der Waals surface area contributed by atoms with Gasteiger partial charge in [0, 0.05) is 42.6 Å². The minimum Gasteiger partial charge on any atom is -0.355 e. The number of hydrogen-bond acceptors (Lipinski definition) is 4. The zero-order chi connectivity index (χ0) is 23.7. The number of likely N-dealkylation sites (tertiary alicyclic amines) is 1. The molecule has 1 spiro atoms. The van der Waals surface area contributed by atoms with Crippen LogP contribution in [0, 0.1) is 17.2 Å². The number of rotatable bonds is 6. The molecular weight excluding hydrogens is 429 g/mol. The summed E-state index contributed by atoms with van der Waals surface area (Å²) in [5.74, 6) is 0.257. The Hall–Kier alpha value is -3.12. The maximum Gasteiger partial charge on any atom is 0.227 e. The molecule has 0 unspecified atom stereocenters. The molecule has 0 radical (unpaired) electrons. The second-order valence-corrected chi connectivity index (χ2v) is 9.92. The highest BCUT2D eigenvalue weighted by atomic mass is 19.1. The SMILES string of the molecule is C[C@H](CC(=O)c1cnc2ccccc2c1)CN1CCC2(CC1)C(=O)NC[C@@H]2c1ccc(F)cc1. The summed E-state index contributed by atoms with van der Waals surface area (Å²) >= 11 is 0. The van der Waals surface area contributed by atoms with Gasteiger partial charge in [-0.1, -0.05) is 37.3 Å². The molecule has 0 bridgehead atoms. The van der Waals surface area contributed by atoms with Gasteiger partial charge in [-0.05, 0) is 61.7 Å². The normalized spacial score (nSPS) is 21.0. The van der Waals surface area contributed by atoms with Crippen LogP contribution < -0.4 is 5.32 Å². The summed E-state index contributed by atoms with van der Waals surface area (Å²) in [6.07, 6.45) is 3.70. The van der Waals surface area contributed by atoms with Gasteiger partial charge in [-0.3, -0.25) is 14.6 Å². The molecule has 2 aliphatic heterocycles. The molecule has 0 aliphatic carbocycles. The average Bonchev–Trinajstić information content (AvgIpc) is 3.16. The van der Waals surface area contributed by atoms with Gasteiger partial charge in [-0.2, -0.15) is 0 Å². The third kappa shape index (κ3) is 4.34. The lowest BCUT2D eigenvalue weighted by Gasteiger charge is -2.41. The quantitative estimate of drug-likeness (QED) is 0.548. The van der Waals surface area contributed by atoms with E-state index in [1.165, 1.54) is 12.1 Å². The number of benzene rings is 2. The molecule has 2 saturated heterocycles. The maximum absolute atomic E-state index is 13.4. The number of aromatic nitrogens is 1. The van der Waals surface area contributed by atoms with Crippen molar-refractivity contribution in [1.82, 2.24) is 15.2 Å². The number of piperidine rings is 1. The van der Waals surface area contributed by atoms with E-state index >= 15 is 0 Å². The van der Waals surface area contributed by atoms with Crippen molar-refractivity contribution in [2.45, 2.75) is 32.1 Å². The maximum atomic E-state index is 13.4. The summed E-state index contributed by atoms with van der Waals surface area (Å²) in [7, 11) is 0. The Morgan fingerprint density at radius 3 is 2.68 bits per heavy atom. The standard InChI is InChI=1S/C28H30FN3O2/c1-19(14-26(33)22-15-21-4-2-3-5-25(21)30-16-22)18-32-12-10-28(11-13-32)24(17-31-27(28)34)20-6-8-23(29)9-7-20/h2-9,15-16,19,24H,10-14,17-18H2,1H3,(H,31,34)/t19-,24-/m1/s1. The Balaban J connectivity index is 1.19. The second-order valence-electron chi connectivity index (χ2n) is 9.92. The van der Waals surface area contributed by atoms with Crippen LogP contribution in [0.3, 0.4) is 0 Å². The lowest BCUT2D eigenvalue weighted by molar-refractivity contribution is -0.130. The fourth-order valence-corrected chi connectivity index (χ4v) is 5.73. The van der Waals surface area contributed by atoms with E-state index in [1.807, 2.05) is 42.5 Å².